The highest BCUT2D eigenvalue weighted by Crippen LogP contribution is 2.40. The monoisotopic (exact) mass is 698 g/mol. The lowest BCUT2D eigenvalue weighted by Crippen LogP contribution is -2.40. The highest BCUT2D eigenvalue weighted by atomic mass is 79.9. The van der Waals surface area contributed by atoms with Crippen molar-refractivity contribution >= 4 is 50.1 Å². The number of carbonyl (C=O) groups is 1. The average Bonchev–Trinajstić information content (AvgIpc) is 3.37. The summed E-state index contributed by atoms with van der Waals surface area (Å²) in [6.07, 6.45) is 1.79. The van der Waals surface area contributed by atoms with E-state index in [-0.39, 0.29) is 12.2 Å². The van der Waals surface area contributed by atoms with Gasteiger partial charge in [-0.1, -0.05) is 87.9 Å². The summed E-state index contributed by atoms with van der Waals surface area (Å²) in [5.41, 5.74) is 2.91. The second-order valence-corrected chi connectivity index (χ2v) is 12.4. The van der Waals surface area contributed by atoms with E-state index < -0.39 is 12.0 Å². The lowest BCUT2D eigenvalue weighted by atomic mass is 9.90. The predicted octanol–water partition coefficient (Wildman–Crippen LogP) is 6.31. The van der Waals surface area contributed by atoms with Crippen LogP contribution in [0.3, 0.4) is 0 Å². The summed E-state index contributed by atoms with van der Waals surface area (Å²) in [6, 6.07) is 24.3. The number of thiazole rings is 1. The molecule has 0 amide bonds. The normalized spacial score (nSPS) is 14.5. The molecular weight excluding hydrogens is 668 g/mol. The first-order chi connectivity index (χ1) is 22.3. The number of rotatable bonds is 9. The number of allylic oxidation sites excluding steroid dienone is 1. The fourth-order valence-electron chi connectivity index (χ4n) is 5.61. The summed E-state index contributed by atoms with van der Waals surface area (Å²) < 4.78 is 25.8. The molecule has 1 aromatic heterocycles. The van der Waals surface area contributed by atoms with Crippen molar-refractivity contribution in [2.24, 2.45) is 4.99 Å². The van der Waals surface area contributed by atoms with Crippen LogP contribution in [-0.2, 0) is 16.1 Å². The highest BCUT2D eigenvalue weighted by molar-refractivity contribution is 9.10. The number of esters is 1. The molecule has 0 saturated heterocycles. The van der Waals surface area contributed by atoms with Crippen molar-refractivity contribution in [1.29, 1.82) is 0 Å². The topological polar surface area (TPSA) is 88.4 Å². The van der Waals surface area contributed by atoms with Crippen molar-refractivity contribution in [3.05, 3.63) is 131 Å². The third kappa shape index (κ3) is 5.86. The molecule has 8 nitrogen and oxygen atoms in total. The van der Waals surface area contributed by atoms with Gasteiger partial charge in [-0.15, -0.1) is 0 Å². The van der Waals surface area contributed by atoms with E-state index in [2.05, 4.69) is 15.9 Å². The van der Waals surface area contributed by atoms with E-state index in [9.17, 15) is 9.59 Å². The summed E-state index contributed by atoms with van der Waals surface area (Å²) >= 11 is 4.91. The SMILES string of the molecule is CCOC(=O)C1=C(C)N=c2s/c(=C/c3cc(OC)c(OCc4ccccc4)cc3Br)c(=O)n2[C@@H]1c1c(OC)ccc2ccccc12. The maximum absolute atomic E-state index is 14.4. The third-order valence-electron chi connectivity index (χ3n) is 7.75. The van der Waals surface area contributed by atoms with Crippen molar-refractivity contribution < 1.29 is 23.7 Å². The minimum atomic E-state index is -0.828. The molecule has 0 saturated carbocycles. The summed E-state index contributed by atoms with van der Waals surface area (Å²) in [4.78, 5) is 33.1. The Morgan fingerprint density at radius 2 is 1.72 bits per heavy atom. The van der Waals surface area contributed by atoms with Crippen LogP contribution in [0.15, 0.2) is 104 Å². The van der Waals surface area contributed by atoms with Crippen LogP contribution in [0.5, 0.6) is 17.2 Å². The number of fused-ring (bicyclic) bond motifs is 2. The van der Waals surface area contributed by atoms with Crippen molar-refractivity contribution in [1.82, 2.24) is 4.57 Å². The molecule has 1 atom stereocenters. The maximum Gasteiger partial charge on any atom is 0.338 e. The molecule has 5 aromatic rings. The van der Waals surface area contributed by atoms with Gasteiger partial charge in [0.1, 0.15) is 18.4 Å². The van der Waals surface area contributed by atoms with Crippen LogP contribution < -0.4 is 29.1 Å². The van der Waals surface area contributed by atoms with E-state index in [0.29, 0.717) is 50.0 Å². The first-order valence-corrected chi connectivity index (χ1v) is 16.2. The molecule has 1 aliphatic heterocycles. The highest BCUT2D eigenvalue weighted by Gasteiger charge is 2.36. The van der Waals surface area contributed by atoms with E-state index >= 15 is 0 Å². The maximum atomic E-state index is 14.4. The quantitative estimate of drug-likeness (QED) is 0.168. The summed E-state index contributed by atoms with van der Waals surface area (Å²) in [5.74, 6) is 1.11. The molecule has 10 heteroatoms. The van der Waals surface area contributed by atoms with Gasteiger partial charge in [0.15, 0.2) is 16.3 Å². The molecule has 0 N–H and O–H groups in total. The molecule has 6 rings (SSSR count). The Bertz CT molecular complexity index is 2170. The molecule has 0 radical (unpaired) electrons. The molecule has 0 aliphatic carbocycles. The molecule has 1 aliphatic rings. The van der Waals surface area contributed by atoms with Crippen LogP contribution >= 0.6 is 27.3 Å². The molecule has 4 aromatic carbocycles. The van der Waals surface area contributed by atoms with Gasteiger partial charge in [-0.2, -0.15) is 0 Å². The Hall–Kier alpha value is -4.67. The van der Waals surface area contributed by atoms with Gasteiger partial charge in [-0.05, 0) is 60.0 Å². The number of benzene rings is 4. The number of carbonyl (C=O) groups excluding carboxylic acids is 1. The Labute approximate surface area is 278 Å². The molecular formula is C36H31BrN2O6S. The van der Waals surface area contributed by atoms with E-state index in [1.54, 1.807) is 38.7 Å². The molecule has 0 bridgehead atoms. The Balaban J connectivity index is 1.51. The van der Waals surface area contributed by atoms with Crippen LogP contribution in [0.2, 0.25) is 0 Å². The van der Waals surface area contributed by atoms with Gasteiger partial charge in [0.05, 0.1) is 36.6 Å². The number of methoxy groups -OCH3 is 2. The zero-order valence-corrected chi connectivity index (χ0v) is 28.1. The first kappa shape index (κ1) is 31.3. The molecule has 234 valence electrons. The van der Waals surface area contributed by atoms with E-state index in [4.69, 9.17) is 23.9 Å². The predicted molar refractivity (Wildman–Crippen MR) is 182 cm³/mol. The van der Waals surface area contributed by atoms with Gasteiger partial charge < -0.3 is 18.9 Å². The minimum Gasteiger partial charge on any atom is -0.496 e. The Morgan fingerprint density at radius 1 is 0.978 bits per heavy atom. The largest absolute Gasteiger partial charge is 0.496 e. The number of hydrogen-bond acceptors (Lipinski definition) is 8. The average molecular weight is 700 g/mol. The van der Waals surface area contributed by atoms with Gasteiger partial charge in [-0.3, -0.25) is 9.36 Å². The second kappa shape index (κ2) is 13.4. The van der Waals surface area contributed by atoms with Gasteiger partial charge in [-0.25, -0.2) is 9.79 Å². The van der Waals surface area contributed by atoms with Gasteiger partial charge >= 0.3 is 5.97 Å². The van der Waals surface area contributed by atoms with Gasteiger partial charge in [0.25, 0.3) is 5.56 Å². The third-order valence-corrected chi connectivity index (χ3v) is 9.42. The minimum absolute atomic E-state index is 0.181. The molecule has 2 heterocycles. The van der Waals surface area contributed by atoms with Gasteiger partial charge in [0, 0.05) is 10.0 Å². The van der Waals surface area contributed by atoms with E-state index in [0.717, 1.165) is 26.4 Å². The molecule has 0 fully saturated rings. The Kier molecular flexibility index (Phi) is 9.10. The van der Waals surface area contributed by atoms with Crippen molar-refractivity contribution in [2.75, 3.05) is 20.8 Å². The smallest absolute Gasteiger partial charge is 0.338 e. The van der Waals surface area contributed by atoms with Crippen LogP contribution in [-0.4, -0.2) is 31.4 Å². The van der Waals surface area contributed by atoms with E-state index in [1.165, 1.54) is 11.3 Å². The summed E-state index contributed by atoms with van der Waals surface area (Å²) in [5, 5.41) is 1.81. The van der Waals surface area contributed by atoms with Crippen molar-refractivity contribution in [3.63, 3.8) is 0 Å². The first-order valence-electron chi connectivity index (χ1n) is 14.6. The summed E-state index contributed by atoms with van der Waals surface area (Å²) in [6.45, 7) is 4.08. The second-order valence-electron chi connectivity index (χ2n) is 10.5. The standard InChI is InChI=1S/C36H31BrN2O6S/c1-5-44-35(41)31-21(2)38-36-39(33(31)32-25-14-10-9-13-23(25)15-16-27(32)42-3)34(40)30(46-36)18-24-17-28(43-4)29(19-26(24)37)45-20-22-11-7-6-8-12-22/h6-19,33H,5,20H2,1-4H3/b30-18+/t33-/m0/s1. The summed E-state index contributed by atoms with van der Waals surface area (Å²) in [7, 11) is 3.16. The van der Waals surface area contributed by atoms with Crippen LogP contribution in [0, 0.1) is 0 Å². The Morgan fingerprint density at radius 3 is 2.46 bits per heavy atom. The molecule has 0 unspecified atom stereocenters. The zero-order valence-electron chi connectivity index (χ0n) is 25.7. The number of ether oxygens (including phenoxy) is 4. The zero-order chi connectivity index (χ0) is 32.4. The van der Waals surface area contributed by atoms with Crippen LogP contribution in [0.25, 0.3) is 16.8 Å². The van der Waals surface area contributed by atoms with E-state index in [1.807, 2.05) is 78.9 Å². The number of nitrogens with zero attached hydrogens (tertiary/aromatic N) is 2. The number of aromatic nitrogens is 1. The lowest BCUT2D eigenvalue weighted by molar-refractivity contribution is -0.139. The van der Waals surface area contributed by atoms with Crippen LogP contribution in [0.1, 0.15) is 36.6 Å². The fraction of sp³-hybridized carbons (Fsp3) is 0.194. The lowest BCUT2D eigenvalue weighted by Gasteiger charge is -2.27. The van der Waals surface area contributed by atoms with Crippen molar-refractivity contribution in [2.45, 2.75) is 26.5 Å². The van der Waals surface area contributed by atoms with Gasteiger partial charge in [0.2, 0.25) is 0 Å². The number of halogens is 1. The van der Waals surface area contributed by atoms with Crippen LogP contribution in [0.4, 0.5) is 0 Å². The fourth-order valence-corrected chi connectivity index (χ4v) is 7.08. The van der Waals surface area contributed by atoms with Crippen molar-refractivity contribution in [3.8, 4) is 17.2 Å². The molecule has 46 heavy (non-hydrogen) atoms. The molecule has 0 spiro atoms. The number of hydrogen-bond donors (Lipinski definition) is 0.